The summed E-state index contributed by atoms with van der Waals surface area (Å²) in [6.07, 6.45) is 0. The third-order valence-corrected chi connectivity index (χ3v) is 8.94. The van der Waals surface area contributed by atoms with Crippen LogP contribution >= 0.6 is 0 Å². The largest absolute Gasteiger partial charge is 0.309 e. The first-order valence-electron chi connectivity index (χ1n) is 15.1. The lowest BCUT2D eigenvalue weighted by molar-refractivity contribution is 1.17. The molecule has 9 aromatic rings. The van der Waals surface area contributed by atoms with Crippen molar-refractivity contribution < 1.29 is 0 Å². The van der Waals surface area contributed by atoms with E-state index in [1.54, 1.807) is 0 Å². The van der Waals surface area contributed by atoms with Crippen molar-refractivity contribution in [1.29, 1.82) is 0 Å². The molecule has 0 aliphatic rings. The summed E-state index contributed by atoms with van der Waals surface area (Å²) in [7, 11) is 0. The molecule has 0 spiro atoms. The number of para-hydroxylation sites is 4. The first-order chi connectivity index (χ1) is 21.8. The Balaban J connectivity index is 1.21. The van der Waals surface area contributed by atoms with E-state index in [9.17, 15) is 0 Å². The Morgan fingerprint density at radius 1 is 0.295 bits per heavy atom. The van der Waals surface area contributed by atoms with E-state index < -0.39 is 0 Å². The standard InChI is InChI=1S/C42H28N2/c1-2-12-29(13-3-1)31-24-27-42-37(28-31)36-17-7-11-21-41(36)44(42)38-18-8-4-14-33(38)30-22-25-32(26-23-30)43-39-19-9-5-15-34(39)35-16-6-10-20-40(35)43/h1-28H. The highest BCUT2D eigenvalue weighted by Crippen LogP contribution is 2.38. The lowest BCUT2D eigenvalue weighted by Crippen LogP contribution is -1.98. The molecule has 9 rings (SSSR count). The van der Waals surface area contributed by atoms with Gasteiger partial charge in [-0.2, -0.15) is 0 Å². The molecule has 0 saturated heterocycles. The maximum Gasteiger partial charge on any atom is 0.0541 e. The Hall–Kier alpha value is -5.86. The van der Waals surface area contributed by atoms with Crippen molar-refractivity contribution in [2.24, 2.45) is 0 Å². The number of rotatable bonds is 4. The summed E-state index contributed by atoms with van der Waals surface area (Å²) >= 11 is 0. The zero-order chi connectivity index (χ0) is 29.0. The van der Waals surface area contributed by atoms with E-state index in [0.29, 0.717) is 0 Å². The number of hydrogen-bond acceptors (Lipinski definition) is 0. The zero-order valence-corrected chi connectivity index (χ0v) is 24.1. The monoisotopic (exact) mass is 560 g/mol. The van der Waals surface area contributed by atoms with Crippen molar-refractivity contribution in [3.05, 3.63) is 170 Å². The summed E-state index contributed by atoms with van der Waals surface area (Å²) in [5, 5.41) is 5.08. The predicted octanol–water partition coefficient (Wildman–Crippen LogP) is 11.2. The fourth-order valence-electron chi connectivity index (χ4n) is 6.95. The minimum Gasteiger partial charge on any atom is -0.309 e. The van der Waals surface area contributed by atoms with Crippen molar-refractivity contribution in [2.75, 3.05) is 0 Å². The molecule has 7 aromatic carbocycles. The molecule has 0 aliphatic carbocycles. The second-order valence-electron chi connectivity index (χ2n) is 11.4. The van der Waals surface area contributed by atoms with Gasteiger partial charge >= 0.3 is 0 Å². The van der Waals surface area contributed by atoms with Crippen LogP contribution in [-0.2, 0) is 0 Å². The first kappa shape index (κ1) is 24.7. The smallest absolute Gasteiger partial charge is 0.0541 e. The van der Waals surface area contributed by atoms with Gasteiger partial charge in [-0.3, -0.25) is 0 Å². The number of hydrogen-bond donors (Lipinski definition) is 0. The predicted molar refractivity (Wildman–Crippen MR) is 186 cm³/mol. The third-order valence-electron chi connectivity index (χ3n) is 8.94. The van der Waals surface area contributed by atoms with Crippen LogP contribution in [0.4, 0.5) is 0 Å². The van der Waals surface area contributed by atoms with Crippen LogP contribution in [-0.4, -0.2) is 9.13 Å². The molecule has 0 N–H and O–H groups in total. The molecule has 0 fully saturated rings. The van der Waals surface area contributed by atoms with Crippen LogP contribution in [0.5, 0.6) is 0 Å². The average molecular weight is 561 g/mol. The molecule has 0 unspecified atom stereocenters. The van der Waals surface area contributed by atoms with E-state index in [2.05, 4.69) is 179 Å². The minimum absolute atomic E-state index is 1.16. The van der Waals surface area contributed by atoms with Crippen molar-refractivity contribution >= 4 is 43.6 Å². The normalized spacial score (nSPS) is 11.6. The SMILES string of the molecule is c1ccc(-c2ccc3c(c2)c2ccccc2n3-c2ccccc2-c2ccc(-n3c4ccccc4c4ccccc43)cc2)cc1. The topological polar surface area (TPSA) is 9.86 Å². The molecule has 0 atom stereocenters. The maximum atomic E-state index is 2.43. The molecule has 2 heterocycles. The van der Waals surface area contributed by atoms with Gasteiger partial charge in [-0.05, 0) is 65.2 Å². The number of benzene rings is 7. The summed E-state index contributed by atoms with van der Waals surface area (Å²) in [5.41, 5.74) is 12.1. The molecule has 0 saturated carbocycles. The summed E-state index contributed by atoms with van der Waals surface area (Å²) in [6.45, 7) is 0. The van der Waals surface area contributed by atoms with E-state index in [1.165, 1.54) is 71.6 Å². The number of aromatic nitrogens is 2. The maximum absolute atomic E-state index is 2.43. The van der Waals surface area contributed by atoms with Gasteiger partial charge in [0.05, 0.1) is 27.8 Å². The Morgan fingerprint density at radius 2 is 0.795 bits per heavy atom. The third kappa shape index (κ3) is 3.75. The van der Waals surface area contributed by atoms with E-state index in [0.717, 1.165) is 5.69 Å². The van der Waals surface area contributed by atoms with Crippen molar-refractivity contribution in [1.82, 2.24) is 9.13 Å². The quantitative estimate of drug-likeness (QED) is 0.203. The van der Waals surface area contributed by atoms with Gasteiger partial charge in [0.2, 0.25) is 0 Å². The van der Waals surface area contributed by atoms with Gasteiger partial charge in [-0.15, -0.1) is 0 Å². The molecule has 0 amide bonds. The van der Waals surface area contributed by atoms with Gasteiger partial charge < -0.3 is 9.13 Å². The molecule has 0 aliphatic heterocycles. The Morgan fingerprint density at radius 3 is 1.48 bits per heavy atom. The summed E-state index contributed by atoms with van der Waals surface area (Å²) < 4.78 is 4.80. The van der Waals surface area contributed by atoms with Gasteiger partial charge in [0.1, 0.15) is 0 Å². The van der Waals surface area contributed by atoms with Gasteiger partial charge in [0, 0.05) is 32.8 Å². The van der Waals surface area contributed by atoms with Crippen LogP contribution in [0, 0.1) is 0 Å². The highest BCUT2D eigenvalue weighted by Gasteiger charge is 2.17. The zero-order valence-electron chi connectivity index (χ0n) is 24.1. The molecule has 44 heavy (non-hydrogen) atoms. The van der Waals surface area contributed by atoms with E-state index in [1.807, 2.05) is 0 Å². The summed E-state index contributed by atoms with van der Waals surface area (Å²) in [5.74, 6) is 0. The van der Waals surface area contributed by atoms with Crippen LogP contribution in [0.15, 0.2) is 170 Å². The van der Waals surface area contributed by atoms with Crippen LogP contribution in [0.3, 0.4) is 0 Å². The molecular formula is C42H28N2. The van der Waals surface area contributed by atoms with Crippen molar-refractivity contribution in [3.8, 4) is 33.6 Å². The highest BCUT2D eigenvalue weighted by molar-refractivity contribution is 6.11. The average Bonchev–Trinajstić information content (AvgIpc) is 3.61. The Bertz CT molecular complexity index is 2420. The highest BCUT2D eigenvalue weighted by atomic mass is 15.0. The van der Waals surface area contributed by atoms with Gasteiger partial charge in [0.25, 0.3) is 0 Å². The number of fused-ring (bicyclic) bond motifs is 6. The molecule has 2 heteroatoms. The summed E-state index contributed by atoms with van der Waals surface area (Å²) in [4.78, 5) is 0. The van der Waals surface area contributed by atoms with Crippen LogP contribution in [0.2, 0.25) is 0 Å². The minimum atomic E-state index is 1.16. The van der Waals surface area contributed by atoms with Crippen LogP contribution in [0.1, 0.15) is 0 Å². The molecule has 206 valence electrons. The van der Waals surface area contributed by atoms with E-state index >= 15 is 0 Å². The second kappa shape index (κ2) is 9.86. The molecular weight excluding hydrogens is 532 g/mol. The fraction of sp³-hybridized carbons (Fsp3) is 0. The lowest BCUT2D eigenvalue weighted by atomic mass is 10.0. The molecule has 0 bridgehead atoms. The first-order valence-corrected chi connectivity index (χ1v) is 15.1. The van der Waals surface area contributed by atoms with Crippen LogP contribution < -0.4 is 0 Å². The molecule has 2 nitrogen and oxygen atoms in total. The molecule has 0 radical (unpaired) electrons. The number of nitrogens with zero attached hydrogens (tertiary/aromatic N) is 2. The van der Waals surface area contributed by atoms with Gasteiger partial charge in [-0.1, -0.05) is 121 Å². The Kier molecular flexibility index (Phi) is 5.54. The summed E-state index contributed by atoms with van der Waals surface area (Å²) in [6, 6.07) is 61.4. The Labute approximate surface area is 255 Å². The second-order valence-corrected chi connectivity index (χ2v) is 11.4. The van der Waals surface area contributed by atoms with Gasteiger partial charge in [0.15, 0.2) is 0 Å². The van der Waals surface area contributed by atoms with Crippen molar-refractivity contribution in [3.63, 3.8) is 0 Å². The molecule has 2 aromatic heterocycles. The van der Waals surface area contributed by atoms with Crippen molar-refractivity contribution in [2.45, 2.75) is 0 Å². The van der Waals surface area contributed by atoms with Gasteiger partial charge in [-0.25, -0.2) is 0 Å². The van der Waals surface area contributed by atoms with E-state index in [4.69, 9.17) is 0 Å². The van der Waals surface area contributed by atoms with E-state index in [-0.39, 0.29) is 0 Å². The lowest BCUT2D eigenvalue weighted by Gasteiger charge is -2.15. The fourth-order valence-corrected chi connectivity index (χ4v) is 6.95. The van der Waals surface area contributed by atoms with Crippen LogP contribution in [0.25, 0.3) is 77.2 Å².